The van der Waals surface area contributed by atoms with E-state index in [9.17, 15) is 0 Å². The summed E-state index contributed by atoms with van der Waals surface area (Å²) in [4.78, 5) is 12.7. The maximum atomic E-state index is 6.08. The minimum atomic E-state index is 0.514. The molecule has 0 aromatic heterocycles. The van der Waals surface area contributed by atoms with Crippen LogP contribution < -0.4 is 5.32 Å². The van der Waals surface area contributed by atoms with Crippen molar-refractivity contribution in [2.24, 2.45) is 0 Å². The first-order chi connectivity index (χ1) is 20.7. The molecular formula is C34H74N6O2. The standard InChI is InChI=1S/C16H33N3O.C14H29N3O.2C2H6/c1-3-7-18-8-5-16(6-9-18)20-15-14-19-12-10-17(4-2)11-13-19;1-2-7-16-8-3-14(4-9-16)18-13-12-17-10-5-15-6-11-17;2*1-2/h16H,3-15H2,1-2H3;14-15H,2-13H2,1H3;2*1-2H3. The quantitative estimate of drug-likeness (QED) is 0.336. The van der Waals surface area contributed by atoms with Gasteiger partial charge in [0.2, 0.25) is 0 Å². The lowest BCUT2D eigenvalue weighted by molar-refractivity contribution is -0.00611. The fourth-order valence-corrected chi connectivity index (χ4v) is 6.19. The summed E-state index contributed by atoms with van der Waals surface area (Å²) in [6.45, 7) is 37.0. The molecule has 8 heteroatoms. The largest absolute Gasteiger partial charge is 0.377 e. The van der Waals surface area contributed by atoms with Gasteiger partial charge in [0.25, 0.3) is 0 Å². The Balaban J connectivity index is 0.000000377. The predicted molar refractivity (Wildman–Crippen MR) is 182 cm³/mol. The highest BCUT2D eigenvalue weighted by atomic mass is 16.5. The molecule has 0 radical (unpaired) electrons. The number of nitrogens with one attached hydrogen (secondary N) is 1. The van der Waals surface area contributed by atoms with E-state index >= 15 is 0 Å². The van der Waals surface area contributed by atoms with E-state index in [0.29, 0.717) is 12.2 Å². The maximum Gasteiger partial charge on any atom is 0.0600 e. The van der Waals surface area contributed by atoms with Crippen molar-refractivity contribution in [3.05, 3.63) is 0 Å². The Labute approximate surface area is 262 Å². The second kappa shape index (κ2) is 27.0. The Morgan fingerprint density at radius 2 is 0.833 bits per heavy atom. The summed E-state index contributed by atoms with van der Waals surface area (Å²) in [7, 11) is 0. The molecule has 4 aliphatic heterocycles. The lowest BCUT2D eigenvalue weighted by atomic mass is 10.1. The van der Waals surface area contributed by atoms with Crippen LogP contribution in [0.1, 0.15) is 87.0 Å². The molecule has 4 aliphatic rings. The van der Waals surface area contributed by atoms with Gasteiger partial charge in [0.05, 0.1) is 25.4 Å². The van der Waals surface area contributed by atoms with Crippen molar-refractivity contribution in [2.75, 3.05) is 124 Å². The number of likely N-dealkylation sites (N-methyl/N-ethyl adjacent to an activating group) is 1. The molecule has 0 unspecified atom stereocenters. The number of hydrogen-bond donors (Lipinski definition) is 1. The molecule has 0 amide bonds. The summed E-state index contributed by atoms with van der Waals surface area (Å²) in [6, 6.07) is 0. The first-order valence-electron chi connectivity index (χ1n) is 18.3. The second-order valence-corrected chi connectivity index (χ2v) is 11.7. The van der Waals surface area contributed by atoms with Crippen LogP contribution in [0, 0.1) is 0 Å². The topological polar surface area (TPSA) is 46.7 Å². The van der Waals surface area contributed by atoms with Crippen LogP contribution in [0.4, 0.5) is 0 Å². The molecule has 252 valence electrons. The third kappa shape index (κ3) is 17.8. The predicted octanol–water partition coefficient (Wildman–Crippen LogP) is 4.35. The van der Waals surface area contributed by atoms with Crippen molar-refractivity contribution in [2.45, 2.75) is 99.2 Å². The Hall–Kier alpha value is -0.320. The zero-order chi connectivity index (χ0) is 30.8. The Bertz CT molecular complexity index is 556. The zero-order valence-corrected chi connectivity index (χ0v) is 29.4. The number of ether oxygens (including phenoxy) is 2. The molecule has 0 bridgehead atoms. The van der Waals surface area contributed by atoms with Crippen LogP contribution in [0.5, 0.6) is 0 Å². The number of nitrogens with zero attached hydrogens (tertiary/aromatic N) is 5. The van der Waals surface area contributed by atoms with Crippen LogP contribution in [0.2, 0.25) is 0 Å². The van der Waals surface area contributed by atoms with Crippen molar-refractivity contribution in [3.63, 3.8) is 0 Å². The van der Waals surface area contributed by atoms with Gasteiger partial charge >= 0.3 is 0 Å². The maximum absolute atomic E-state index is 6.08. The van der Waals surface area contributed by atoms with E-state index < -0.39 is 0 Å². The first kappa shape index (κ1) is 39.7. The van der Waals surface area contributed by atoms with Crippen LogP contribution in [0.3, 0.4) is 0 Å². The van der Waals surface area contributed by atoms with Crippen LogP contribution in [-0.4, -0.2) is 161 Å². The molecule has 1 N–H and O–H groups in total. The third-order valence-electron chi connectivity index (χ3n) is 8.79. The van der Waals surface area contributed by atoms with Crippen LogP contribution in [0.25, 0.3) is 0 Å². The summed E-state index contributed by atoms with van der Waals surface area (Å²) in [5.41, 5.74) is 0. The summed E-state index contributed by atoms with van der Waals surface area (Å²) >= 11 is 0. The molecule has 0 aromatic rings. The van der Waals surface area contributed by atoms with Crippen LogP contribution in [0.15, 0.2) is 0 Å². The number of piperazine rings is 2. The molecule has 0 spiro atoms. The summed E-state index contributed by atoms with van der Waals surface area (Å²) in [5.74, 6) is 0. The minimum Gasteiger partial charge on any atom is -0.377 e. The second-order valence-electron chi connectivity index (χ2n) is 11.7. The average molecular weight is 599 g/mol. The molecule has 4 heterocycles. The van der Waals surface area contributed by atoms with Crippen molar-refractivity contribution in [1.29, 1.82) is 0 Å². The van der Waals surface area contributed by atoms with Gasteiger partial charge in [-0.15, -0.1) is 0 Å². The molecule has 4 saturated heterocycles. The summed E-state index contributed by atoms with van der Waals surface area (Å²) in [6.07, 6.45) is 8.47. The molecule has 0 atom stereocenters. The highest BCUT2D eigenvalue weighted by Gasteiger charge is 2.21. The number of rotatable bonds is 13. The third-order valence-corrected chi connectivity index (χ3v) is 8.79. The van der Waals surface area contributed by atoms with Crippen LogP contribution >= 0.6 is 0 Å². The normalized spacial score (nSPS) is 22.4. The van der Waals surface area contributed by atoms with Gasteiger partial charge in [-0.2, -0.15) is 0 Å². The van der Waals surface area contributed by atoms with Gasteiger partial charge in [-0.3, -0.25) is 9.80 Å². The number of hydrogen-bond acceptors (Lipinski definition) is 8. The molecule has 42 heavy (non-hydrogen) atoms. The van der Waals surface area contributed by atoms with E-state index in [4.69, 9.17) is 9.47 Å². The Morgan fingerprint density at radius 3 is 1.21 bits per heavy atom. The molecule has 0 aliphatic carbocycles. The van der Waals surface area contributed by atoms with Crippen molar-refractivity contribution in [1.82, 2.24) is 29.8 Å². The van der Waals surface area contributed by atoms with Gasteiger partial charge in [-0.25, -0.2) is 0 Å². The average Bonchev–Trinajstić information content (AvgIpc) is 3.06. The van der Waals surface area contributed by atoms with E-state index in [1.165, 1.54) is 124 Å². The first-order valence-corrected chi connectivity index (χ1v) is 18.3. The molecule has 0 aromatic carbocycles. The SMILES string of the molecule is CC.CC.CCCN1CCC(OCCN2CCN(CC)CC2)CC1.CCCN1CCC(OCCN2CCNCC2)CC1. The van der Waals surface area contributed by atoms with Crippen molar-refractivity contribution >= 4 is 0 Å². The van der Waals surface area contributed by atoms with E-state index in [1.54, 1.807) is 0 Å². The van der Waals surface area contributed by atoms with Gasteiger partial charge < -0.3 is 29.5 Å². The van der Waals surface area contributed by atoms with Crippen molar-refractivity contribution < 1.29 is 9.47 Å². The number of likely N-dealkylation sites (tertiary alicyclic amines) is 2. The highest BCUT2D eigenvalue weighted by Crippen LogP contribution is 2.15. The monoisotopic (exact) mass is 599 g/mol. The summed E-state index contributed by atoms with van der Waals surface area (Å²) in [5, 5.41) is 3.38. The van der Waals surface area contributed by atoms with Gasteiger partial charge in [0.15, 0.2) is 0 Å². The van der Waals surface area contributed by atoms with Crippen molar-refractivity contribution in [3.8, 4) is 0 Å². The minimum absolute atomic E-state index is 0.514. The lowest BCUT2D eigenvalue weighted by Gasteiger charge is -2.35. The molecule has 0 saturated carbocycles. The molecular weight excluding hydrogens is 524 g/mol. The lowest BCUT2D eigenvalue weighted by Crippen LogP contribution is -2.47. The fraction of sp³-hybridized carbons (Fsp3) is 1.00. The van der Waals surface area contributed by atoms with Crippen LogP contribution in [-0.2, 0) is 9.47 Å². The highest BCUT2D eigenvalue weighted by molar-refractivity contribution is 4.75. The van der Waals surface area contributed by atoms with Gasteiger partial charge in [-0.05, 0) is 58.2 Å². The van der Waals surface area contributed by atoms with Gasteiger partial charge in [-0.1, -0.05) is 48.5 Å². The molecule has 4 fully saturated rings. The number of piperidine rings is 2. The molecule has 8 nitrogen and oxygen atoms in total. The van der Waals surface area contributed by atoms with E-state index in [0.717, 1.165) is 39.4 Å². The summed E-state index contributed by atoms with van der Waals surface area (Å²) < 4.78 is 12.1. The van der Waals surface area contributed by atoms with E-state index in [-0.39, 0.29) is 0 Å². The smallest absolute Gasteiger partial charge is 0.0600 e. The van der Waals surface area contributed by atoms with E-state index in [1.807, 2.05) is 27.7 Å². The van der Waals surface area contributed by atoms with Gasteiger partial charge in [0, 0.05) is 91.6 Å². The fourth-order valence-electron chi connectivity index (χ4n) is 6.19. The molecule has 4 rings (SSSR count). The van der Waals surface area contributed by atoms with E-state index in [2.05, 4.69) is 50.6 Å². The Kier molecular flexibility index (Phi) is 25.6. The van der Waals surface area contributed by atoms with Gasteiger partial charge in [0.1, 0.15) is 0 Å². The zero-order valence-electron chi connectivity index (χ0n) is 29.4. The Morgan fingerprint density at radius 1 is 0.476 bits per heavy atom.